The van der Waals surface area contributed by atoms with E-state index >= 15 is 0 Å². The van der Waals surface area contributed by atoms with Gasteiger partial charge in [-0.1, -0.05) is 12.1 Å². The first-order valence-corrected chi connectivity index (χ1v) is 7.77. The first kappa shape index (κ1) is 15.0. The van der Waals surface area contributed by atoms with E-state index in [9.17, 15) is 12.8 Å². The Morgan fingerprint density at radius 1 is 1.35 bits per heavy atom. The van der Waals surface area contributed by atoms with Crippen molar-refractivity contribution in [3.05, 3.63) is 42.5 Å². The number of rotatable bonds is 5. The summed E-state index contributed by atoms with van der Waals surface area (Å²) >= 11 is 0. The minimum atomic E-state index is -3.95. The monoisotopic (exact) mass is 338 g/mol. The molecular formula is C12H11FN6O3S. The summed E-state index contributed by atoms with van der Waals surface area (Å²) in [5.74, 6) is -0.632. The van der Waals surface area contributed by atoms with Crippen LogP contribution in [0.5, 0.6) is 6.01 Å². The summed E-state index contributed by atoms with van der Waals surface area (Å²) in [6.07, 6.45) is 2.29. The molecule has 2 heterocycles. The molecule has 0 aliphatic heterocycles. The number of hydrogen-bond donors (Lipinski definition) is 2. The molecule has 9 nitrogen and oxygen atoms in total. The lowest BCUT2D eigenvalue weighted by Gasteiger charge is -2.02. The molecule has 0 saturated carbocycles. The lowest BCUT2D eigenvalue weighted by Crippen LogP contribution is -2.13. The molecule has 2 N–H and O–H groups in total. The van der Waals surface area contributed by atoms with Gasteiger partial charge in [0.2, 0.25) is 5.95 Å². The predicted octanol–water partition coefficient (Wildman–Crippen LogP) is 0.939. The highest BCUT2D eigenvalue weighted by Crippen LogP contribution is 2.17. The van der Waals surface area contributed by atoms with Crippen LogP contribution >= 0.6 is 0 Å². The van der Waals surface area contributed by atoms with E-state index in [1.54, 1.807) is 6.07 Å². The number of ether oxygens (including phenoxy) is 1. The third-order valence-corrected chi connectivity index (χ3v) is 4.14. The van der Waals surface area contributed by atoms with Crippen molar-refractivity contribution in [3.63, 3.8) is 0 Å². The number of sulfonamides is 1. The molecule has 120 valence electrons. The third-order valence-electron chi connectivity index (χ3n) is 2.85. The molecule has 0 fully saturated rings. The van der Waals surface area contributed by atoms with E-state index in [4.69, 9.17) is 4.74 Å². The van der Waals surface area contributed by atoms with Gasteiger partial charge in [0.05, 0.1) is 19.5 Å². The third kappa shape index (κ3) is 2.99. The van der Waals surface area contributed by atoms with Gasteiger partial charge in [-0.2, -0.15) is 10.1 Å². The van der Waals surface area contributed by atoms with E-state index in [2.05, 4.69) is 25.0 Å². The lowest BCUT2D eigenvalue weighted by molar-refractivity contribution is 0.382. The number of methoxy groups -OCH3 is 1. The van der Waals surface area contributed by atoms with Crippen LogP contribution in [0.3, 0.4) is 0 Å². The number of nitrogens with zero attached hydrogens (tertiary/aromatic N) is 4. The summed E-state index contributed by atoms with van der Waals surface area (Å²) < 4.78 is 46.2. The zero-order valence-electron chi connectivity index (χ0n) is 11.8. The highest BCUT2D eigenvalue weighted by atomic mass is 32.2. The number of H-pyrrole nitrogens is 1. The van der Waals surface area contributed by atoms with Gasteiger partial charge in [-0.3, -0.25) is 0 Å². The molecule has 3 rings (SSSR count). The molecule has 0 radical (unpaired) electrons. The first-order valence-electron chi connectivity index (χ1n) is 6.28. The molecule has 1 aromatic carbocycles. The average molecular weight is 338 g/mol. The molecule has 23 heavy (non-hydrogen) atoms. The molecule has 0 atom stereocenters. The fourth-order valence-corrected chi connectivity index (χ4v) is 2.67. The van der Waals surface area contributed by atoms with Crippen LogP contribution in [0.25, 0.3) is 5.69 Å². The van der Waals surface area contributed by atoms with Gasteiger partial charge >= 0.3 is 6.01 Å². The summed E-state index contributed by atoms with van der Waals surface area (Å²) in [4.78, 5) is 3.60. The normalized spacial score (nSPS) is 11.4. The second-order valence-corrected chi connectivity index (χ2v) is 6.03. The van der Waals surface area contributed by atoms with Crippen molar-refractivity contribution in [3.8, 4) is 11.7 Å². The van der Waals surface area contributed by atoms with E-state index in [-0.39, 0.29) is 22.5 Å². The molecule has 2 aromatic heterocycles. The van der Waals surface area contributed by atoms with Gasteiger partial charge in [-0.25, -0.2) is 27.3 Å². The Bertz CT molecular complexity index is 936. The van der Waals surface area contributed by atoms with Gasteiger partial charge in [0.25, 0.3) is 10.0 Å². The molecule has 0 aliphatic rings. The van der Waals surface area contributed by atoms with Gasteiger partial charge in [-0.05, 0) is 12.1 Å². The molecule has 11 heteroatoms. The van der Waals surface area contributed by atoms with Crippen molar-refractivity contribution in [2.24, 2.45) is 0 Å². The van der Waals surface area contributed by atoms with Crippen LogP contribution in [0, 0.1) is 5.82 Å². The first-order chi connectivity index (χ1) is 11.0. The summed E-state index contributed by atoms with van der Waals surface area (Å²) in [7, 11) is -2.61. The van der Waals surface area contributed by atoms with Crippen LogP contribution in [-0.4, -0.2) is 40.5 Å². The zero-order valence-corrected chi connectivity index (χ0v) is 12.6. The highest BCUT2D eigenvalue weighted by Gasteiger charge is 2.19. The second-order valence-electron chi connectivity index (χ2n) is 4.35. The van der Waals surface area contributed by atoms with Gasteiger partial charge in [0.1, 0.15) is 16.4 Å². The number of nitrogens with one attached hydrogen (secondary N) is 2. The van der Waals surface area contributed by atoms with Crippen LogP contribution < -0.4 is 9.46 Å². The van der Waals surface area contributed by atoms with Crippen LogP contribution in [0.15, 0.2) is 41.6 Å². The van der Waals surface area contributed by atoms with Gasteiger partial charge < -0.3 is 4.74 Å². The fraction of sp³-hybridized carbons (Fsp3) is 0.0833. The topological polar surface area (TPSA) is 115 Å². The molecule has 0 unspecified atom stereocenters. The Hall–Kier alpha value is -2.95. The minimum Gasteiger partial charge on any atom is -0.466 e. The average Bonchev–Trinajstić information content (AvgIpc) is 3.16. The van der Waals surface area contributed by atoms with E-state index in [0.717, 1.165) is 10.9 Å². The molecule has 0 saturated heterocycles. The number of aromatic nitrogens is 5. The number of aromatic amines is 1. The van der Waals surface area contributed by atoms with Crippen molar-refractivity contribution < 1.29 is 17.5 Å². The van der Waals surface area contributed by atoms with E-state index < -0.39 is 15.8 Å². The Balaban J connectivity index is 1.88. The number of benzene rings is 1. The summed E-state index contributed by atoms with van der Waals surface area (Å²) in [6, 6.07) is 5.87. The van der Waals surface area contributed by atoms with Crippen molar-refractivity contribution >= 4 is 16.0 Å². The Morgan fingerprint density at radius 2 is 2.13 bits per heavy atom. The maximum absolute atomic E-state index is 13.7. The van der Waals surface area contributed by atoms with E-state index in [0.29, 0.717) is 0 Å². The summed E-state index contributed by atoms with van der Waals surface area (Å²) in [5, 5.41) is 9.85. The van der Waals surface area contributed by atoms with Crippen molar-refractivity contribution in [1.29, 1.82) is 0 Å². The van der Waals surface area contributed by atoms with Crippen LogP contribution in [0.1, 0.15) is 0 Å². The lowest BCUT2D eigenvalue weighted by atomic mass is 10.3. The molecular weight excluding hydrogens is 327 g/mol. The summed E-state index contributed by atoms with van der Waals surface area (Å²) in [6.45, 7) is 0. The van der Waals surface area contributed by atoms with Crippen molar-refractivity contribution in [1.82, 2.24) is 25.0 Å². The van der Waals surface area contributed by atoms with Crippen LogP contribution in [0.2, 0.25) is 0 Å². The summed E-state index contributed by atoms with van der Waals surface area (Å²) in [5.41, 5.74) is 0.135. The van der Waals surface area contributed by atoms with Gasteiger partial charge in [0, 0.05) is 0 Å². The van der Waals surface area contributed by atoms with Gasteiger partial charge in [0.15, 0.2) is 0 Å². The zero-order chi connectivity index (χ0) is 16.4. The van der Waals surface area contributed by atoms with Crippen LogP contribution in [-0.2, 0) is 10.0 Å². The van der Waals surface area contributed by atoms with E-state index in [1.165, 1.54) is 31.5 Å². The van der Waals surface area contributed by atoms with E-state index in [1.807, 2.05) is 0 Å². The Morgan fingerprint density at radius 3 is 2.83 bits per heavy atom. The number of halogens is 1. The largest absolute Gasteiger partial charge is 0.466 e. The Labute approximate surface area is 130 Å². The minimum absolute atomic E-state index is 0.00949. The number of para-hydroxylation sites is 1. The maximum atomic E-state index is 13.7. The standard InChI is InChI=1S/C12H11FN6O3S/c1-22-12-15-11(16-17-12)18-23(20,21)8-6-14-19(7-8)10-5-3-2-4-9(10)13/h2-7H,1H3,(H2,15,16,17,18). The van der Waals surface area contributed by atoms with Crippen molar-refractivity contribution in [2.75, 3.05) is 11.8 Å². The van der Waals surface area contributed by atoms with Crippen molar-refractivity contribution in [2.45, 2.75) is 4.90 Å². The molecule has 0 amide bonds. The van der Waals surface area contributed by atoms with Crippen LogP contribution in [0.4, 0.5) is 10.3 Å². The Kier molecular flexibility index (Phi) is 3.70. The van der Waals surface area contributed by atoms with Gasteiger partial charge in [-0.15, -0.1) is 5.10 Å². The number of hydrogen-bond acceptors (Lipinski definition) is 6. The second kappa shape index (κ2) is 5.68. The molecule has 0 bridgehead atoms. The molecule has 0 spiro atoms. The maximum Gasteiger partial charge on any atom is 0.336 e. The number of anilines is 1. The molecule has 0 aliphatic carbocycles. The SMILES string of the molecule is COc1n[nH]c(NS(=O)(=O)c2cnn(-c3ccccc3F)c2)n1. The smallest absolute Gasteiger partial charge is 0.336 e. The fourth-order valence-electron chi connectivity index (χ4n) is 1.78. The molecule has 3 aromatic rings. The predicted molar refractivity (Wildman–Crippen MR) is 77.3 cm³/mol. The highest BCUT2D eigenvalue weighted by molar-refractivity contribution is 7.92. The quantitative estimate of drug-likeness (QED) is 0.715.